The van der Waals surface area contributed by atoms with Crippen LogP contribution in [0.15, 0.2) is 12.4 Å². The molecule has 0 aromatic carbocycles. The van der Waals surface area contributed by atoms with Crippen LogP contribution < -0.4 is 9.64 Å². The van der Waals surface area contributed by atoms with E-state index in [0.29, 0.717) is 11.7 Å². The molecule has 2 rings (SSSR count). The molecule has 0 unspecified atom stereocenters. The molecule has 0 N–H and O–H groups in total. The molecule has 1 saturated heterocycles. The number of hydrogen-bond acceptors (Lipinski definition) is 4. The van der Waals surface area contributed by atoms with Crippen LogP contribution in [0.25, 0.3) is 0 Å². The van der Waals surface area contributed by atoms with Gasteiger partial charge in [-0.15, -0.1) is 0 Å². The number of rotatable bonds is 2. The highest BCUT2D eigenvalue weighted by molar-refractivity contribution is 5.36. The molecular weight excluding hydrogens is 192 g/mol. The standard InChI is InChI=1S/C8H9F2N3O/c1-14-6-2-11-7(12-3-6)13-4-8(9,10)5-13/h2-3H,4-5H2,1H3. The van der Waals surface area contributed by atoms with Crippen molar-refractivity contribution in [3.8, 4) is 5.75 Å². The Morgan fingerprint density at radius 3 is 2.36 bits per heavy atom. The van der Waals surface area contributed by atoms with E-state index in [1.54, 1.807) is 0 Å². The highest BCUT2D eigenvalue weighted by Gasteiger charge is 2.45. The number of aromatic nitrogens is 2. The third-order valence-corrected chi connectivity index (χ3v) is 1.98. The molecule has 0 atom stereocenters. The van der Waals surface area contributed by atoms with Crippen LogP contribution in [0.4, 0.5) is 14.7 Å². The molecule has 0 radical (unpaired) electrons. The summed E-state index contributed by atoms with van der Waals surface area (Å²) in [6.07, 6.45) is 2.91. The van der Waals surface area contributed by atoms with Gasteiger partial charge in [0, 0.05) is 0 Å². The molecule has 1 aliphatic rings. The van der Waals surface area contributed by atoms with Gasteiger partial charge < -0.3 is 9.64 Å². The molecule has 1 aromatic heterocycles. The van der Waals surface area contributed by atoms with E-state index in [-0.39, 0.29) is 13.1 Å². The van der Waals surface area contributed by atoms with Gasteiger partial charge in [-0.2, -0.15) is 0 Å². The molecule has 0 amide bonds. The quantitative estimate of drug-likeness (QED) is 0.713. The Hall–Kier alpha value is -1.46. The summed E-state index contributed by atoms with van der Waals surface area (Å²) >= 11 is 0. The molecule has 1 aliphatic heterocycles. The molecule has 14 heavy (non-hydrogen) atoms. The van der Waals surface area contributed by atoms with Gasteiger partial charge in [-0.25, -0.2) is 18.7 Å². The molecule has 0 aliphatic carbocycles. The number of halogens is 2. The zero-order valence-electron chi connectivity index (χ0n) is 7.57. The fourth-order valence-corrected chi connectivity index (χ4v) is 1.23. The van der Waals surface area contributed by atoms with Crippen molar-refractivity contribution >= 4 is 5.95 Å². The van der Waals surface area contributed by atoms with Crippen LogP contribution in [0, 0.1) is 0 Å². The van der Waals surface area contributed by atoms with Crippen LogP contribution in [0.1, 0.15) is 0 Å². The number of ether oxygens (including phenoxy) is 1. The van der Waals surface area contributed by atoms with Crippen LogP contribution in [-0.4, -0.2) is 36.1 Å². The summed E-state index contributed by atoms with van der Waals surface area (Å²) in [5, 5.41) is 0. The minimum atomic E-state index is -2.59. The number of hydrogen-bond donors (Lipinski definition) is 0. The monoisotopic (exact) mass is 201 g/mol. The number of alkyl halides is 2. The maximum atomic E-state index is 12.5. The van der Waals surface area contributed by atoms with E-state index in [1.807, 2.05) is 0 Å². The van der Waals surface area contributed by atoms with Gasteiger partial charge in [0.25, 0.3) is 5.92 Å². The van der Waals surface area contributed by atoms with Crippen molar-refractivity contribution in [3.63, 3.8) is 0 Å². The van der Waals surface area contributed by atoms with E-state index in [2.05, 4.69) is 9.97 Å². The van der Waals surface area contributed by atoms with E-state index in [4.69, 9.17) is 4.74 Å². The van der Waals surface area contributed by atoms with Gasteiger partial charge in [-0.1, -0.05) is 0 Å². The number of methoxy groups -OCH3 is 1. The third kappa shape index (κ3) is 1.59. The van der Waals surface area contributed by atoms with Crippen molar-refractivity contribution in [1.29, 1.82) is 0 Å². The molecule has 4 nitrogen and oxygen atoms in total. The maximum Gasteiger partial charge on any atom is 0.282 e. The first-order valence-corrected chi connectivity index (χ1v) is 4.09. The Labute approximate surface area is 79.5 Å². The second-order valence-electron chi connectivity index (χ2n) is 3.13. The first-order chi connectivity index (χ1) is 6.61. The summed E-state index contributed by atoms with van der Waals surface area (Å²) in [6, 6.07) is 0. The number of anilines is 1. The Bertz CT molecular complexity index is 320. The topological polar surface area (TPSA) is 38.2 Å². The maximum absolute atomic E-state index is 12.5. The predicted molar refractivity (Wildman–Crippen MR) is 45.7 cm³/mol. The molecule has 6 heteroatoms. The van der Waals surface area contributed by atoms with Crippen molar-refractivity contribution in [2.24, 2.45) is 0 Å². The second kappa shape index (κ2) is 3.04. The van der Waals surface area contributed by atoms with Crippen molar-refractivity contribution in [2.45, 2.75) is 5.92 Å². The average Bonchev–Trinajstić information content (AvgIpc) is 2.14. The molecular formula is C8H9F2N3O. The smallest absolute Gasteiger partial charge is 0.282 e. The van der Waals surface area contributed by atoms with Gasteiger partial charge in [0.15, 0.2) is 5.75 Å². The fourth-order valence-electron chi connectivity index (χ4n) is 1.23. The lowest BCUT2D eigenvalue weighted by Crippen LogP contribution is -2.57. The Morgan fingerprint density at radius 1 is 1.36 bits per heavy atom. The van der Waals surface area contributed by atoms with E-state index in [0.717, 1.165) is 0 Å². The fraction of sp³-hybridized carbons (Fsp3) is 0.500. The average molecular weight is 201 g/mol. The Balaban J connectivity index is 2.05. The van der Waals surface area contributed by atoms with Gasteiger partial charge in [-0.05, 0) is 0 Å². The molecule has 1 aromatic rings. The summed E-state index contributed by atoms with van der Waals surface area (Å²) in [7, 11) is 1.50. The zero-order valence-corrected chi connectivity index (χ0v) is 7.57. The molecule has 2 heterocycles. The SMILES string of the molecule is COc1cnc(N2CC(F)(F)C2)nc1. The first-order valence-electron chi connectivity index (χ1n) is 4.09. The van der Waals surface area contributed by atoms with Gasteiger partial charge in [0.2, 0.25) is 5.95 Å². The lowest BCUT2D eigenvalue weighted by Gasteiger charge is -2.38. The van der Waals surface area contributed by atoms with E-state index in [1.165, 1.54) is 24.4 Å². The minimum absolute atomic E-state index is 0.306. The van der Waals surface area contributed by atoms with Gasteiger partial charge in [0.1, 0.15) is 0 Å². The highest BCUT2D eigenvalue weighted by Crippen LogP contribution is 2.29. The van der Waals surface area contributed by atoms with Crippen LogP contribution in [0.5, 0.6) is 5.75 Å². The van der Waals surface area contributed by atoms with Crippen LogP contribution in [-0.2, 0) is 0 Å². The predicted octanol–water partition coefficient (Wildman–Crippen LogP) is 0.941. The third-order valence-electron chi connectivity index (χ3n) is 1.98. The first kappa shape index (κ1) is 9.11. The summed E-state index contributed by atoms with van der Waals surface area (Å²) < 4.78 is 29.8. The normalized spacial score (nSPS) is 18.9. The zero-order chi connectivity index (χ0) is 10.2. The van der Waals surface area contributed by atoms with Crippen molar-refractivity contribution < 1.29 is 13.5 Å². The summed E-state index contributed by atoms with van der Waals surface area (Å²) in [5.74, 6) is -1.76. The Kier molecular flexibility index (Phi) is 1.98. The Morgan fingerprint density at radius 2 is 1.93 bits per heavy atom. The number of nitrogens with zero attached hydrogens (tertiary/aromatic N) is 3. The highest BCUT2D eigenvalue weighted by atomic mass is 19.3. The van der Waals surface area contributed by atoms with E-state index >= 15 is 0 Å². The van der Waals surface area contributed by atoms with Crippen LogP contribution in [0.2, 0.25) is 0 Å². The van der Waals surface area contributed by atoms with Crippen molar-refractivity contribution in [1.82, 2.24) is 9.97 Å². The molecule has 0 saturated carbocycles. The summed E-state index contributed by atoms with van der Waals surface area (Å²) in [4.78, 5) is 9.20. The van der Waals surface area contributed by atoms with E-state index < -0.39 is 5.92 Å². The lowest BCUT2D eigenvalue weighted by atomic mass is 10.2. The van der Waals surface area contributed by atoms with Crippen molar-refractivity contribution in [2.75, 3.05) is 25.1 Å². The van der Waals surface area contributed by atoms with Crippen molar-refractivity contribution in [3.05, 3.63) is 12.4 Å². The van der Waals surface area contributed by atoms with Crippen LogP contribution >= 0.6 is 0 Å². The second-order valence-corrected chi connectivity index (χ2v) is 3.13. The van der Waals surface area contributed by atoms with Gasteiger partial charge in [0.05, 0.1) is 32.6 Å². The summed E-state index contributed by atoms with van der Waals surface area (Å²) in [5.41, 5.74) is 0. The largest absolute Gasteiger partial charge is 0.494 e. The lowest BCUT2D eigenvalue weighted by molar-refractivity contribution is -0.0271. The van der Waals surface area contributed by atoms with E-state index in [9.17, 15) is 8.78 Å². The molecule has 0 spiro atoms. The minimum Gasteiger partial charge on any atom is -0.494 e. The molecule has 0 bridgehead atoms. The molecule has 1 fully saturated rings. The van der Waals surface area contributed by atoms with Gasteiger partial charge in [-0.3, -0.25) is 0 Å². The van der Waals surface area contributed by atoms with Crippen LogP contribution in [0.3, 0.4) is 0 Å². The molecule has 76 valence electrons. The summed E-state index contributed by atoms with van der Waals surface area (Å²) in [6.45, 7) is -0.612. The van der Waals surface area contributed by atoms with Gasteiger partial charge >= 0.3 is 0 Å².